The molecule has 9 nitrogen and oxygen atoms in total. The van der Waals surface area contributed by atoms with Gasteiger partial charge in [-0.15, -0.1) is 0 Å². The molecule has 28 heavy (non-hydrogen) atoms. The Morgan fingerprint density at radius 2 is 2.00 bits per heavy atom. The van der Waals surface area contributed by atoms with E-state index in [0.29, 0.717) is 23.6 Å². The number of anilines is 2. The Morgan fingerprint density at radius 3 is 2.82 bits per heavy atom. The van der Waals surface area contributed by atoms with E-state index in [2.05, 4.69) is 30.5 Å². The van der Waals surface area contributed by atoms with Gasteiger partial charge < -0.3 is 11.1 Å². The molecule has 0 unspecified atom stereocenters. The fraction of sp³-hybridized carbons (Fsp3) is 0.188. The van der Waals surface area contributed by atoms with E-state index in [4.69, 9.17) is 5.73 Å². The van der Waals surface area contributed by atoms with E-state index in [1.54, 1.807) is 16.9 Å². The minimum atomic E-state index is -4.36. The molecule has 0 saturated carbocycles. The molecule has 4 heterocycles. The number of hydrogen-bond acceptors (Lipinski definition) is 7. The normalized spacial score (nSPS) is 11.8. The van der Waals surface area contributed by atoms with Crippen molar-refractivity contribution in [3.8, 4) is 11.3 Å². The molecule has 144 valence electrons. The van der Waals surface area contributed by atoms with Crippen molar-refractivity contribution in [1.29, 1.82) is 0 Å². The summed E-state index contributed by atoms with van der Waals surface area (Å²) in [4.78, 5) is 12.5. The van der Waals surface area contributed by atoms with E-state index in [-0.39, 0.29) is 5.82 Å². The van der Waals surface area contributed by atoms with Crippen molar-refractivity contribution < 1.29 is 13.2 Å². The SMILES string of the molecule is Nc1ncc(-c2cnn(CC(F)(F)F)c2)nc1NCc1ccc2nccn2n1. The second-order valence-electron chi connectivity index (χ2n) is 5.94. The highest BCUT2D eigenvalue weighted by atomic mass is 19.4. The fourth-order valence-electron chi connectivity index (χ4n) is 2.56. The third-order valence-electron chi connectivity index (χ3n) is 3.82. The van der Waals surface area contributed by atoms with Crippen LogP contribution in [0.25, 0.3) is 16.9 Å². The second kappa shape index (κ2) is 6.79. The van der Waals surface area contributed by atoms with Gasteiger partial charge in [0.25, 0.3) is 0 Å². The predicted molar refractivity (Wildman–Crippen MR) is 94.0 cm³/mol. The minimum Gasteiger partial charge on any atom is -0.381 e. The first-order valence-corrected chi connectivity index (χ1v) is 8.13. The number of rotatable bonds is 5. The number of alkyl halides is 3. The van der Waals surface area contributed by atoms with E-state index in [9.17, 15) is 13.2 Å². The number of hydrogen-bond donors (Lipinski definition) is 2. The lowest BCUT2D eigenvalue weighted by Crippen LogP contribution is -2.17. The van der Waals surface area contributed by atoms with Gasteiger partial charge in [0.1, 0.15) is 6.54 Å². The molecule has 12 heteroatoms. The highest BCUT2D eigenvalue weighted by molar-refractivity contribution is 5.64. The lowest BCUT2D eigenvalue weighted by molar-refractivity contribution is -0.142. The maximum Gasteiger partial charge on any atom is 0.408 e. The van der Waals surface area contributed by atoms with Crippen molar-refractivity contribution in [3.63, 3.8) is 0 Å². The maximum atomic E-state index is 12.5. The molecule has 0 aliphatic heterocycles. The van der Waals surface area contributed by atoms with Crippen molar-refractivity contribution in [2.24, 2.45) is 0 Å². The Morgan fingerprint density at radius 1 is 1.14 bits per heavy atom. The van der Waals surface area contributed by atoms with Crippen LogP contribution in [0.5, 0.6) is 0 Å². The lowest BCUT2D eigenvalue weighted by atomic mass is 10.2. The van der Waals surface area contributed by atoms with Gasteiger partial charge in [0, 0.05) is 24.2 Å². The Labute approximate surface area is 156 Å². The topological polar surface area (TPSA) is 112 Å². The van der Waals surface area contributed by atoms with Gasteiger partial charge in [0.2, 0.25) is 0 Å². The summed E-state index contributed by atoms with van der Waals surface area (Å²) in [6.07, 6.45) is 2.95. The van der Waals surface area contributed by atoms with Gasteiger partial charge in [-0.25, -0.2) is 19.5 Å². The molecule has 0 saturated heterocycles. The Hall–Kier alpha value is -3.70. The van der Waals surface area contributed by atoms with Gasteiger partial charge in [-0.3, -0.25) is 4.68 Å². The smallest absolute Gasteiger partial charge is 0.381 e. The molecule has 0 bridgehead atoms. The molecule has 4 aromatic heterocycles. The molecule has 4 aromatic rings. The van der Waals surface area contributed by atoms with Gasteiger partial charge in [-0.2, -0.15) is 23.4 Å². The molecule has 0 spiro atoms. The summed E-state index contributed by atoms with van der Waals surface area (Å²) in [5.74, 6) is 0.462. The van der Waals surface area contributed by atoms with E-state index in [1.165, 1.54) is 18.6 Å². The van der Waals surface area contributed by atoms with Crippen LogP contribution in [0.1, 0.15) is 5.69 Å². The molecule has 0 aromatic carbocycles. The summed E-state index contributed by atoms with van der Waals surface area (Å²) in [6.45, 7) is -0.854. The minimum absolute atomic E-state index is 0.162. The van der Waals surface area contributed by atoms with Crippen LogP contribution in [0, 0.1) is 0 Å². The summed E-state index contributed by atoms with van der Waals surface area (Å²) >= 11 is 0. The summed E-state index contributed by atoms with van der Waals surface area (Å²) < 4.78 is 39.9. The third-order valence-corrected chi connectivity index (χ3v) is 3.82. The van der Waals surface area contributed by atoms with Crippen LogP contribution in [0.4, 0.5) is 24.8 Å². The Kier molecular flexibility index (Phi) is 4.29. The van der Waals surface area contributed by atoms with Crippen LogP contribution in [0.3, 0.4) is 0 Å². The van der Waals surface area contributed by atoms with Crippen molar-refractivity contribution in [1.82, 2.24) is 34.3 Å². The van der Waals surface area contributed by atoms with Crippen LogP contribution >= 0.6 is 0 Å². The molecule has 0 atom stereocenters. The van der Waals surface area contributed by atoms with E-state index < -0.39 is 12.7 Å². The van der Waals surface area contributed by atoms with Gasteiger partial charge in [-0.1, -0.05) is 0 Å². The number of nitrogen functional groups attached to an aromatic ring is 1. The second-order valence-corrected chi connectivity index (χ2v) is 5.94. The first-order valence-electron chi connectivity index (χ1n) is 8.13. The summed E-state index contributed by atoms with van der Waals surface area (Å²) in [6, 6.07) is 3.63. The number of aromatic nitrogens is 7. The van der Waals surface area contributed by atoms with Crippen molar-refractivity contribution >= 4 is 17.3 Å². The van der Waals surface area contributed by atoms with Gasteiger partial charge in [-0.05, 0) is 12.1 Å². The molecule has 0 aliphatic rings. The van der Waals surface area contributed by atoms with Gasteiger partial charge >= 0.3 is 6.18 Å². The van der Waals surface area contributed by atoms with Crippen molar-refractivity contribution in [2.45, 2.75) is 19.3 Å². The van der Waals surface area contributed by atoms with Crippen LogP contribution in [-0.2, 0) is 13.1 Å². The molecule has 3 N–H and O–H groups in total. The number of imidazole rings is 1. The molecular weight excluding hydrogens is 375 g/mol. The van der Waals surface area contributed by atoms with Crippen LogP contribution in [0.15, 0.2) is 43.1 Å². The summed E-state index contributed by atoms with van der Waals surface area (Å²) in [7, 11) is 0. The Balaban J connectivity index is 1.52. The number of halogens is 3. The number of fused-ring (bicyclic) bond motifs is 1. The summed E-state index contributed by atoms with van der Waals surface area (Å²) in [5.41, 5.74) is 8.04. The highest BCUT2D eigenvalue weighted by Crippen LogP contribution is 2.23. The number of nitrogens with two attached hydrogens (primary N) is 1. The van der Waals surface area contributed by atoms with Crippen LogP contribution in [-0.4, -0.2) is 40.5 Å². The van der Waals surface area contributed by atoms with Gasteiger partial charge in [0.15, 0.2) is 17.3 Å². The standard InChI is InChI=1S/C16H14F3N9/c17-16(18,19)9-27-8-10(5-24-27)12-7-22-14(20)15(25-12)23-6-11-1-2-13-21-3-4-28(13)26-11/h1-5,7-8H,6,9H2,(H2,20,22)(H,23,25). The maximum absolute atomic E-state index is 12.5. The van der Waals surface area contributed by atoms with Crippen molar-refractivity contribution in [3.05, 3.63) is 48.8 Å². The highest BCUT2D eigenvalue weighted by Gasteiger charge is 2.28. The third kappa shape index (κ3) is 3.84. The molecule has 4 rings (SSSR count). The van der Waals surface area contributed by atoms with Crippen LogP contribution < -0.4 is 11.1 Å². The quantitative estimate of drug-likeness (QED) is 0.538. The number of nitrogens with one attached hydrogen (secondary N) is 1. The van der Waals surface area contributed by atoms with E-state index in [1.807, 2.05) is 12.1 Å². The lowest BCUT2D eigenvalue weighted by Gasteiger charge is -2.09. The average molecular weight is 389 g/mol. The van der Waals surface area contributed by atoms with Crippen molar-refractivity contribution in [2.75, 3.05) is 11.1 Å². The van der Waals surface area contributed by atoms with Gasteiger partial charge in [0.05, 0.1) is 30.3 Å². The first kappa shape index (κ1) is 17.7. The zero-order chi connectivity index (χ0) is 19.7. The average Bonchev–Trinajstić information content (AvgIpc) is 3.28. The molecule has 0 radical (unpaired) electrons. The van der Waals surface area contributed by atoms with E-state index in [0.717, 1.165) is 16.0 Å². The zero-order valence-corrected chi connectivity index (χ0v) is 14.3. The van der Waals surface area contributed by atoms with Crippen LogP contribution in [0.2, 0.25) is 0 Å². The molecule has 0 fully saturated rings. The monoisotopic (exact) mass is 389 g/mol. The molecule has 0 amide bonds. The molecule has 0 aliphatic carbocycles. The van der Waals surface area contributed by atoms with E-state index >= 15 is 0 Å². The molecular formula is C16H14F3N9. The first-order chi connectivity index (χ1) is 13.4. The predicted octanol–water partition coefficient (Wildman–Crippen LogP) is 2.14. The zero-order valence-electron chi connectivity index (χ0n) is 14.3. The fourth-order valence-corrected chi connectivity index (χ4v) is 2.56. The number of nitrogens with zero attached hydrogens (tertiary/aromatic N) is 7. The Bertz CT molecular complexity index is 1120. The largest absolute Gasteiger partial charge is 0.408 e. The summed E-state index contributed by atoms with van der Waals surface area (Å²) in [5, 5.41) is 11.1.